The van der Waals surface area contributed by atoms with Crippen LogP contribution in [0.4, 0.5) is 0 Å². The lowest BCUT2D eigenvalue weighted by atomic mass is 9.47. The maximum absolute atomic E-state index is 11.4. The molecule has 4 saturated carbocycles. The van der Waals surface area contributed by atoms with Gasteiger partial charge in [-0.1, -0.05) is 0 Å². The second kappa shape index (κ2) is 2.89. The molecule has 4 aliphatic carbocycles. The summed E-state index contributed by atoms with van der Waals surface area (Å²) in [4.78, 5) is 14.3. The highest BCUT2D eigenvalue weighted by atomic mass is 35.5. The lowest BCUT2D eigenvalue weighted by Crippen LogP contribution is -2.62. The van der Waals surface area contributed by atoms with Crippen LogP contribution in [0.25, 0.3) is 0 Å². The van der Waals surface area contributed by atoms with Gasteiger partial charge in [-0.15, -0.1) is 0 Å². The van der Waals surface area contributed by atoms with Crippen LogP contribution in [0.2, 0.25) is 0 Å². The van der Waals surface area contributed by atoms with Crippen LogP contribution in [0.3, 0.4) is 0 Å². The van der Waals surface area contributed by atoms with Crippen LogP contribution in [0, 0.1) is 17.3 Å². The minimum absolute atomic E-state index is 0.0793. The Morgan fingerprint density at radius 1 is 1.27 bits per heavy atom. The van der Waals surface area contributed by atoms with Crippen LogP contribution in [0.1, 0.15) is 38.5 Å². The second-order valence-electron chi connectivity index (χ2n) is 5.92. The highest BCUT2D eigenvalue weighted by Crippen LogP contribution is 2.61. The zero-order valence-corrected chi connectivity index (χ0v) is 9.39. The summed E-state index contributed by atoms with van der Waals surface area (Å²) in [6, 6.07) is 0. The first-order valence-corrected chi connectivity index (χ1v) is 6.07. The van der Waals surface area contributed by atoms with E-state index >= 15 is 0 Å². The summed E-state index contributed by atoms with van der Waals surface area (Å²) in [6.07, 6.45) is 5.84. The zero-order chi connectivity index (χ0) is 10.7. The summed E-state index contributed by atoms with van der Waals surface area (Å²) in [6.45, 7) is 0. The van der Waals surface area contributed by atoms with Crippen LogP contribution in [0.5, 0.6) is 0 Å². The predicted molar refractivity (Wildman–Crippen MR) is 56.5 cm³/mol. The van der Waals surface area contributed by atoms with E-state index in [1.54, 1.807) is 0 Å². The number of aliphatic carboxylic acids is 1. The molecule has 3 nitrogen and oxygen atoms in total. The Bertz CT molecular complexity index is 304. The van der Waals surface area contributed by atoms with Crippen molar-refractivity contribution in [3.05, 3.63) is 0 Å². The molecular formula is C11H16ClNO2. The van der Waals surface area contributed by atoms with Crippen molar-refractivity contribution >= 4 is 17.7 Å². The Kier molecular flexibility index (Phi) is 1.91. The van der Waals surface area contributed by atoms with Crippen molar-refractivity contribution in [1.29, 1.82) is 0 Å². The van der Waals surface area contributed by atoms with E-state index in [9.17, 15) is 9.90 Å². The summed E-state index contributed by atoms with van der Waals surface area (Å²) in [5, 5.41) is 9.42. The van der Waals surface area contributed by atoms with Gasteiger partial charge in [0, 0.05) is 5.54 Å². The summed E-state index contributed by atoms with van der Waals surface area (Å²) in [5.74, 6) is 0.551. The van der Waals surface area contributed by atoms with Gasteiger partial charge in [0.15, 0.2) is 0 Å². The van der Waals surface area contributed by atoms with E-state index in [1.165, 1.54) is 6.42 Å². The van der Waals surface area contributed by atoms with E-state index in [4.69, 9.17) is 11.8 Å². The minimum atomic E-state index is -0.604. The average molecular weight is 230 g/mol. The molecule has 4 heteroatoms. The Hall–Kier alpha value is -0.280. The second-order valence-corrected chi connectivity index (χ2v) is 6.11. The van der Waals surface area contributed by atoms with Crippen molar-refractivity contribution in [3.63, 3.8) is 0 Å². The van der Waals surface area contributed by atoms with E-state index < -0.39 is 11.4 Å². The molecule has 84 valence electrons. The fourth-order valence-electron chi connectivity index (χ4n) is 4.62. The number of hydrogen-bond acceptors (Lipinski definition) is 2. The van der Waals surface area contributed by atoms with Gasteiger partial charge in [0.05, 0.1) is 5.41 Å². The van der Waals surface area contributed by atoms with Crippen LogP contribution >= 0.6 is 11.8 Å². The molecule has 4 bridgehead atoms. The molecule has 2 atom stereocenters. The molecule has 4 rings (SSSR count). The van der Waals surface area contributed by atoms with Gasteiger partial charge in [0.1, 0.15) is 0 Å². The van der Waals surface area contributed by atoms with Gasteiger partial charge >= 0.3 is 5.97 Å². The van der Waals surface area contributed by atoms with Gasteiger partial charge in [-0.2, -0.15) is 0 Å². The smallest absolute Gasteiger partial charge is 0.309 e. The van der Waals surface area contributed by atoms with Gasteiger partial charge in [0.25, 0.3) is 0 Å². The topological polar surface area (TPSA) is 49.3 Å². The van der Waals surface area contributed by atoms with E-state index in [1.807, 2.05) is 0 Å². The van der Waals surface area contributed by atoms with Crippen molar-refractivity contribution in [2.24, 2.45) is 17.3 Å². The fraction of sp³-hybridized carbons (Fsp3) is 0.909. The lowest BCUT2D eigenvalue weighted by molar-refractivity contribution is -0.167. The predicted octanol–water partition coefficient (Wildman–Crippen LogP) is 2.15. The number of carbonyl (C=O) groups is 1. The molecule has 0 aromatic heterocycles. The SMILES string of the molecule is O=C(O)C12CC3CC(CC(NCl)(C3)C1)C2. The molecule has 2 N–H and O–H groups in total. The minimum Gasteiger partial charge on any atom is -0.481 e. The molecule has 0 saturated heterocycles. The van der Waals surface area contributed by atoms with Crippen LogP contribution in [-0.4, -0.2) is 16.6 Å². The molecule has 0 heterocycles. The molecular weight excluding hydrogens is 214 g/mol. The molecule has 4 aliphatic rings. The van der Waals surface area contributed by atoms with Crippen molar-refractivity contribution in [2.45, 2.75) is 44.1 Å². The molecule has 0 spiro atoms. The van der Waals surface area contributed by atoms with Gasteiger partial charge < -0.3 is 5.11 Å². The van der Waals surface area contributed by atoms with Crippen LogP contribution < -0.4 is 4.84 Å². The largest absolute Gasteiger partial charge is 0.481 e. The van der Waals surface area contributed by atoms with Gasteiger partial charge in [0.2, 0.25) is 0 Å². The van der Waals surface area contributed by atoms with Crippen molar-refractivity contribution in [2.75, 3.05) is 0 Å². The number of halogens is 1. The number of carboxylic acid groups (broad SMARTS) is 1. The van der Waals surface area contributed by atoms with Crippen molar-refractivity contribution < 1.29 is 9.90 Å². The van der Waals surface area contributed by atoms with E-state index in [-0.39, 0.29) is 5.54 Å². The Balaban J connectivity index is 1.99. The molecule has 0 aliphatic heterocycles. The van der Waals surface area contributed by atoms with Gasteiger partial charge in [-0.05, 0) is 62.1 Å². The lowest BCUT2D eigenvalue weighted by Gasteiger charge is -2.59. The van der Waals surface area contributed by atoms with Crippen LogP contribution in [-0.2, 0) is 4.79 Å². The standard InChI is InChI=1S/C11H16ClNO2/c12-13-11-4-7-1-8(5-11)3-10(2-7,6-11)9(14)15/h7-8,13H,1-6H2,(H,14,15). The quantitative estimate of drug-likeness (QED) is 0.714. The summed E-state index contributed by atoms with van der Waals surface area (Å²) >= 11 is 5.85. The Labute approximate surface area is 94.3 Å². The molecule has 0 amide bonds. The summed E-state index contributed by atoms with van der Waals surface area (Å²) in [5.41, 5.74) is -0.546. The molecule has 2 unspecified atom stereocenters. The maximum Gasteiger partial charge on any atom is 0.309 e. The monoisotopic (exact) mass is 229 g/mol. The third-order valence-corrected chi connectivity index (χ3v) is 5.12. The zero-order valence-electron chi connectivity index (χ0n) is 8.63. The highest BCUT2D eigenvalue weighted by Gasteiger charge is 2.60. The van der Waals surface area contributed by atoms with Crippen LogP contribution in [0.15, 0.2) is 0 Å². The van der Waals surface area contributed by atoms with E-state index in [2.05, 4.69) is 4.84 Å². The molecule has 0 aromatic rings. The Morgan fingerprint density at radius 3 is 2.33 bits per heavy atom. The third-order valence-electron chi connectivity index (χ3n) is 4.72. The number of hydrogen-bond donors (Lipinski definition) is 2. The summed E-state index contributed by atoms with van der Waals surface area (Å²) in [7, 11) is 0. The maximum atomic E-state index is 11.4. The first kappa shape index (κ1) is 9.91. The molecule has 15 heavy (non-hydrogen) atoms. The molecule has 0 radical (unpaired) electrons. The highest BCUT2D eigenvalue weighted by molar-refractivity contribution is 6.14. The number of nitrogens with one attached hydrogen (secondary N) is 1. The van der Waals surface area contributed by atoms with Crippen molar-refractivity contribution in [3.8, 4) is 0 Å². The first-order valence-electron chi connectivity index (χ1n) is 5.69. The molecule has 0 aromatic carbocycles. The molecule has 4 fully saturated rings. The number of rotatable bonds is 2. The fourth-order valence-corrected chi connectivity index (χ4v) is 4.84. The van der Waals surface area contributed by atoms with E-state index in [0.29, 0.717) is 11.8 Å². The third kappa shape index (κ3) is 1.26. The number of carboxylic acids is 1. The Morgan fingerprint density at radius 2 is 1.87 bits per heavy atom. The van der Waals surface area contributed by atoms with E-state index in [0.717, 1.165) is 32.1 Å². The average Bonchev–Trinajstić information content (AvgIpc) is 2.15. The summed E-state index contributed by atoms with van der Waals surface area (Å²) < 4.78 is 0. The van der Waals surface area contributed by atoms with Crippen molar-refractivity contribution in [1.82, 2.24) is 4.84 Å². The first-order chi connectivity index (χ1) is 7.07. The van der Waals surface area contributed by atoms with Gasteiger partial charge in [-0.25, -0.2) is 4.84 Å². The van der Waals surface area contributed by atoms with Gasteiger partial charge in [-0.3, -0.25) is 4.79 Å². The normalized spacial score (nSPS) is 52.1.